The van der Waals surface area contributed by atoms with E-state index in [4.69, 9.17) is 9.26 Å². The zero-order valence-corrected chi connectivity index (χ0v) is 29.2. The zero-order chi connectivity index (χ0) is 35.0. The second-order valence-corrected chi connectivity index (χ2v) is 12.4. The van der Waals surface area contributed by atoms with Crippen LogP contribution in [0.25, 0.3) is 0 Å². The van der Waals surface area contributed by atoms with Gasteiger partial charge in [-0.2, -0.15) is 0 Å². The minimum Gasteiger partial charge on any atom is -0.480 e. The molecule has 268 valence electrons. The summed E-state index contributed by atoms with van der Waals surface area (Å²) in [6.07, 6.45) is 31.9. The molecule has 0 heterocycles. The van der Waals surface area contributed by atoms with E-state index in [1.807, 2.05) is 6.92 Å². The van der Waals surface area contributed by atoms with Crippen LogP contribution >= 0.6 is 7.82 Å². The summed E-state index contributed by atoms with van der Waals surface area (Å²) in [7, 11) is -4.75. The Morgan fingerprint density at radius 2 is 1.23 bits per heavy atom. The normalized spacial score (nSPS) is 14.8. The van der Waals surface area contributed by atoms with Gasteiger partial charge in [0.05, 0.1) is 13.2 Å². The third kappa shape index (κ3) is 30.3. The maximum Gasteiger partial charge on any atom is 0.472 e. The summed E-state index contributed by atoms with van der Waals surface area (Å²) in [5.41, 5.74) is 0. The van der Waals surface area contributed by atoms with Crippen molar-refractivity contribution in [2.45, 2.75) is 122 Å². The molecule has 0 spiro atoms. The Kier molecular flexibility index (Phi) is 28.7. The van der Waals surface area contributed by atoms with E-state index in [0.29, 0.717) is 12.8 Å². The number of nitrogens with one attached hydrogen (secondary N) is 1. The van der Waals surface area contributed by atoms with Gasteiger partial charge < -0.3 is 25.2 Å². The second-order valence-electron chi connectivity index (χ2n) is 11.0. The molecule has 47 heavy (non-hydrogen) atoms. The molecule has 12 heteroatoms. The topological polar surface area (TPSA) is 169 Å². The largest absolute Gasteiger partial charge is 0.480 e. The molecular formula is C35H58NO10P. The van der Waals surface area contributed by atoms with E-state index in [0.717, 1.165) is 70.6 Å². The molecule has 0 aliphatic carbocycles. The average Bonchev–Trinajstić information content (AvgIpc) is 3.04. The first-order valence-corrected chi connectivity index (χ1v) is 18.3. The fourth-order valence-corrected chi connectivity index (χ4v) is 4.70. The molecular weight excluding hydrogens is 625 g/mol. The lowest BCUT2D eigenvalue weighted by molar-refractivity contribution is -0.147. The van der Waals surface area contributed by atoms with Crippen LogP contribution in [0.1, 0.15) is 110 Å². The number of aliphatic carboxylic acids is 1. The van der Waals surface area contributed by atoms with Crippen LogP contribution in [0.2, 0.25) is 0 Å². The highest BCUT2D eigenvalue weighted by molar-refractivity contribution is 7.47. The standard InChI is InChI=1S/C35H58NO10P/c1-3-5-7-9-10-11-12-13-14-15-16-17-18-19-20-21-22-23-24-26-33(38)36-32(35(40)41)30-46-47(42,43)45-29-31(37)28-44-34(39)27-25-8-6-4-2/h5,7,10-11,13-14,16-17,19-20,31-32,37H,3-4,6,8-9,12,15,18,21-30H2,1-2H3,(H,36,38)(H,40,41)(H,42,43)/b7-5-,11-10-,14-13-,17-16-,20-19-. The number of hydrogen-bond acceptors (Lipinski definition) is 8. The Balaban J connectivity index is 4.08. The van der Waals surface area contributed by atoms with Gasteiger partial charge >= 0.3 is 19.8 Å². The highest BCUT2D eigenvalue weighted by atomic mass is 31.2. The van der Waals surface area contributed by atoms with E-state index in [2.05, 4.69) is 77.5 Å². The SMILES string of the molecule is CC/C=C\C/C=C\C/C=C\C/C=C\C/C=C\CCCCCC(=O)NC(COP(=O)(O)OCC(O)COC(=O)CCCCCC)C(=O)O. The number of carbonyl (C=O) groups excluding carboxylic acids is 2. The van der Waals surface area contributed by atoms with Crippen LogP contribution in [0.3, 0.4) is 0 Å². The molecule has 4 N–H and O–H groups in total. The van der Waals surface area contributed by atoms with Crippen LogP contribution in [-0.2, 0) is 32.7 Å². The molecule has 0 aliphatic rings. The van der Waals surface area contributed by atoms with Crippen LogP contribution in [0.15, 0.2) is 60.8 Å². The number of phosphoric acid groups is 1. The van der Waals surface area contributed by atoms with Crippen molar-refractivity contribution in [1.82, 2.24) is 5.32 Å². The summed E-state index contributed by atoms with van der Waals surface area (Å²) in [4.78, 5) is 45.2. The first-order chi connectivity index (χ1) is 22.6. The average molecular weight is 684 g/mol. The number of hydrogen-bond donors (Lipinski definition) is 4. The van der Waals surface area contributed by atoms with Crippen LogP contribution in [0.5, 0.6) is 0 Å². The van der Waals surface area contributed by atoms with Crippen LogP contribution < -0.4 is 5.32 Å². The first-order valence-electron chi connectivity index (χ1n) is 16.8. The molecule has 3 unspecified atom stereocenters. The molecule has 0 saturated carbocycles. The van der Waals surface area contributed by atoms with Gasteiger partial charge in [0.2, 0.25) is 5.91 Å². The molecule has 0 fully saturated rings. The maximum atomic E-state index is 12.2. The first kappa shape index (κ1) is 44.2. The second kappa shape index (κ2) is 30.5. The molecule has 0 rings (SSSR count). The number of carbonyl (C=O) groups is 3. The number of aliphatic hydroxyl groups is 1. The zero-order valence-electron chi connectivity index (χ0n) is 28.3. The quantitative estimate of drug-likeness (QED) is 0.0262. The lowest BCUT2D eigenvalue weighted by atomic mass is 10.1. The Labute approximate surface area is 281 Å². The number of unbranched alkanes of at least 4 members (excludes halogenated alkanes) is 6. The van der Waals surface area contributed by atoms with Gasteiger partial charge in [0.25, 0.3) is 0 Å². The number of carboxylic acid groups (broad SMARTS) is 1. The van der Waals surface area contributed by atoms with Crippen molar-refractivity contribution < 1.29 is 47.8 Å². The summed E-state index contributed by atoms with van der Waals surface area (Å²) in [5.74, 6) is -2.45. The number of carboxylic acids is 1. The molecule has 1 amide bonds. The number of phosphoric ester groups is 1. The molecule has 0 bridgehead atoms. The van der Waals surface area contributed by atoms with Crippen molar-refractivity contribution in [3.8, 4) is 0 Å². The van der Waals surface area contributed by atoms with Gasteiger partial charge in [0, 0.05) is 12.8 Å². The Morgan fingerprint density at radius 1 is 0.702 bits per heavy atom. The van der Waals surface area contributed by atoms with Crippen molar-refractivity contribution in [1.29, 1.82) is 0 Å². The number of amides is 1. The summed E-state index contributed by atoms with van der Waals surface area (Å²) >= 11 is 0. The van der Waals surface area contributed by atoms with Crippen molar-refractivity contribution in [2.24, 2.45) is 0 Å². The van der Waals surface area contributed by atoms with E-state index >= 15 is 0 Å². The lowest BCUT2D eigenvalue weighted by Gasteiger charge is -2.18. The van der Waals surface area contributed by atoms with Crippen molar-refractivity contribution in [3.63, 3.8) is 0 Å². The van der Waals surface area contributed by atoms with Crippen molar-refractivity contribution in [3.05, 3.63) is 60.8 Å². The Morgan fingerprint density at radius 3 is 1.81 bits per heavy atom. The number of rotatable bonds is 30. The molecule has 0 aromatic carbocycles. The monoisotopic (exact) mass is 683 g/mol. The molecule has 0 aromatic heterocycles. The van der Waals surface area contributed by atoms with E-state index in [-0.39, 0.29) is 12.8 Å². The highest BCUT2D eigenvalue weighted by Crippen LogP contribution is 2.43. The summed E-state index contributed by atoms with van der Waals surface area (Å²) in [6.45, 7) is 2.25. The Bertz CT molecular complexity index is 1040. The fraction of sp³-hybridized carbons (Fsp3) is 0.629. The smallest absolute Gasteiger partial charge is 0.472 e. The van der Waals surface area contributed by atoms with Gasteiger partial charge in [-0.3, -0.25) is 18.6 Å². The van der Waals surface area contributed by atoms with Gasteiger partial charge in [-0.15, -0.1) is 0 Å². The van der Waals surface area contributed by atoms with Gasteiger partial charge in [-0.05, 0) is 57.8 Å². The third-order valence-corrected chi connectivity index (χ3v) is 7.52. The number of esters is 1. The maximum absolute atomic E-state index is 12.2. The third-order valence-electron chi connectivity index (χ3n) is 6.57. The summed E-state index contributed by atoms with van der Waals surface area (Å²) < 4.78 is 26.4. The predicted octanol–water partition coefficient (Wildman–Crippen LogP) is 7.27. The fourth-order valence-electron chi connectivity index (χ4n) is 3.93. The predicted molar refractivity (Wildman–Crippen MR) is 185 cm³/mol. The number of aliphatic hydroxyl groups excluding tert-OH is 1. The van der Waals surface area contributed by atoms with Crippen LogP contribution in [0, 0.1) is 0 Å². The van der Waals surface area contributed by atoms with Crippen LogP contribution in [0.4, 0.5) is 0 Å². The number of allylic oxidation sites excluding steroid dienone is 10. The molecule has 0 aromatic rings. The summed E-state index contributed by atoms with van der Waals surface area (Å²) in [6, 6.07) is -1.56. The van der Waals surface area contributed by atoms with E-state index < -0.39 is 57.6 Å². The van der Waals surface area contributed by atoms with E-state index in [9.17, 15) is 34.1 Å². The minimum atomic E-state index is -4.75. The Hall–Kier alpha value is -2.82. The molecule has 3 atom stereocenters. The number of ether oxygens (including phenoxy) is 1. The molecule has 0 radical (unpaired) electrons. The van der Waals surface area contributed by atoms with E-state index in [1.165, 1.54) is 0 Å². The van der Waals surface area contributed by atoms with Gasteiger partial charge in [-0.25, -0.2) is 9.36 Å². The lowest BCUT2D eigenvalue weighted by Crippen LogP contribution is -2.43. The highest BCUT2D eigenvalue weighted by Gasteiger charge is 2.28. The van der Waals surface area contributed by atoms with E-state index in [1.54, 1.807) is 0 Å². The molecule has 11 nitrogen and oxygen atoms in total. The molecule has 0 aliphatic heterocycles. The van der Waals surface area contributed by atoms with Crippen LogP contribution in [-0.4, -0.2) is 64.9 Å². The summed E-state index contributed by atoms with van der Waals surface area (Å²) in [5, 5.41) is 21.5. The van der Waals surface area contributed by atoms with Crippen molar-refractivity contribution in [2.75, 3.05) is 19.8 Å². The van der Waals surface area contributed by atoms with Gasteiger partial charge in [-0.1, -0.05) is 100 Å². The van der Waals surface area contributed by atoms with Gasteiger partial charge in [0.15, 0.2) is 6.04 Å². The van der Waals surface area contributed by atoms with Gasteiger partial charge in [0.1, 0.15) is 12.7 Å². The minimum absolute atomic E-state index is 0.103. The molecule has 0 saturated heterocycles. The van der Waals surface area contributed by atoms with Crippen molar-refractivity contribution >= 4 is 25.7 Å².